The number of nitrogens with zero attached hydrogens (tertiary/aromatic N) is 1. The van der Waals surface area contributed by atoms with Crippen molar-refractivity contribution in [2.45, 2.75) is 13.5 Å². The van der Waals surface area contributed by atoms with E-state index in [1.54, 1.807) is 7.11 Å². The van der Waals surface area contributed by atoms with Gasteiger partial charge in [-0.25, -0.2) is 0 Å². The van der Waals surface area contributed by atoms with Crippen molar-refractivity contribution in [3.05, 3.63) is 58.2 Å². The lowest BCUT2D eigenvalue weighted by atomic mass is 10.1. The molecule has 1 aromatic heterocycles. The molecule has 3 nitrogen and oxygen atoms in total. The Morgan fingerprint density at radius 3 is 2.57 bits per heavy atom. The molecule has 0 aliphatic rings. The lowest BCUT2D eigenvalue weighted by Crippen LogP contribution is -1.97. The maximum Gasteiger partial charge on any atom is 0.199 e. The lowest BCUT2D eigenvalue weighted by molar-refractivity contribution is 0.414. The van der Waals surface area contributed by atoms with E-state index in [9.17, 15) is 5.11 Å². The molecule has 1 N–H and O–H groups in total. The molecule has 3 aromatic rings. The third kappa shape index (κ3) is 2.63. The van der Waals surface area contributed by atoms with Crippen LogP contribution in [0.3, 0.4) is 0 Å². The topological polar surface area (TPSA) is 34.4 Å². The van der Waals surface area contributed by atoms with Crippen LogP contribution in [0.4, 0.5) is 0 Å². The fourth-order valence-corrected chi connectivity index (χ4v) is 3.19. The fourth-order valence-electron chi connectivity index (χ4n) is 2.60. The van der Waals surface area contributed by atoms with Crippen molar-refractivity contribution < 1.29 is 9.84 Å². The molecule has 0 atom stereocenters. The lowest BCUT2D eigenvalue weighted by Gasteiger charge is -2.06. The van der Waals surface area contributed by atoms with Crippen molar-refractivity contribution in [2.24, 2.45) is 0 Å². The highest BCUT2D eigenvalue weighted by Gasteiger charge is 2.11. The summed E-state index contributed by atoms with van der Waals surface area (Å²) in [7, 11) is 1.65. The van der Waals surface area contributed by atoms with Gasteiger partial charge < -0.3 is 14.4 Å². The normalized spacial score (nSPS) is 11.0. The van der Waals surface area contributed by atoms with Gasteiger partial charge in [-0.05, 0) is 42.3 Å². The van der Waals surface area contributed by atoms with E-state index >= 15 is 0 Å². The van der Waals surface area contributed by atoms with E-state index in [0.717, 1.165) is 32.1 Å². The molecule has 0 amide bonds. The Balaban J connectivity index is 2.00. The van der Waals surface area contributed by atoms with Gasteiger partial charge >= 0.3 is 0 Å². The van der Waals surface area contributed by atoms with Crippen molar-refractivity contribution in [3.63, 3.8) is 0 Å². The maximum absolute atomic E-state index is 10.4. The number of hydrogen-bond donors (Lipinski definition) is 1. The van der Waals surface area contributed by atoms with Gasteiger partial charge in [-0.15, -0.1) is 0 Å². The zero-order chi connectivity index (χ0) is 15.0. The number of aromatic nitrogens is 1. The average Bonchev–Trinajstić information content (AvgIpc) is 2.76. The van der Waals surface area contributed by atoms with Gasteiger partial charge in [-0.1, -0.05) is 28.1 Å². The molecule has 2 aromatic carbocycles. The van der Waals surface area contributed by atoms with Crippen LogP contribution in [0.25, 0.3) is 10.8 Å². The van der Waals surface area contributed by atoms with E-state index in [-0.39, 0.29) is 0 Å². The first-order chi connectivity index (χ1) is 10.1. The first kappa shape index (κ1) is 14.0. The molecule has 0 aliphatic carbocycles. The minimum absolute atomic E-state index is 0.311. The predicted molar refractivity (Wildman–Crippen MR) is 88.1 cm³/mol. The van der Waals surface area contributed by atoms with Gasteiger partial charge in [0.25, 0.3) is 0 Å². The number of rotatable bonds is 3. The van der Waals surface area contributed by atoms with E-state index in [2.05, 4.69) is 15.9 Å². The quantitative estimate of drug-likeness (QED) is 0.759. The maximum atomic E-state index is 10.4. The second kappa shape index (κ2) is 5.45. The van der Waals surface area contributed by atoms with Gasteiger partial charge in [-0.3, -0.25) is 0 Å². The SMILES string of the molecule is COc1ccc(Cn2cc3cc(Br)cc(C)c3c2O)cc1. The van der Waals surface area contributed by atoms with Crippen molar-refractivity contribution in [1.29, 1.82) is 0 Å². The summed E-state index contributed by atoms with van der Waals surface area (Å²) in [5.74, 6) is 1.14. The average molecular weight is 346 g/mol. The molecular formula is C17H16BrNO2. The Bertz CT molecular complexity index is 791. The summed E-state index contributed by atoms with van der Waals surface area (Å²) in [6.45, 7) is 2.63. The van der Waals surface area contributed by atoms with Crippen molar-refractivity contribution in [3.8, 4) is 11.6 Å². The van der Waals surface area contributed by atoms with Crippen LogP contribution in [-0.2, 0) is 6.54 Å². The highest BCUT2D eigenvalue weighted by Crippen LogP contribution is 2.33. The van der Waals surface area contributed by atoms with E-state index in [1.165, 1.54) is 0 Å². The van der Waals surface area contributed by atoms with E-state index in [1.807, 2.05) is 54.1 Å². The Kier molecular flexibility index (Phi) is 3.64. The van der Waals surface area contributed by atoms with Crippen molar-refractivity contribution in [2.75, 3.05) is 7.11 Å². The summed E-state index contributed by atoms with van der Waals surface area (Å²) in [6, 6.07) is 11.9. The molecule has 1 heterocycles. The van der Waals surface area contributed by atoms with Crippen LogP contribution >= 0.6 is 15.9 Å². The highest BCUT2D eigenvalue weighted by molar-refractivity contribution is 9.10. The zero-order valence-electron chi connectivity index (χ0n) is 11.9. The van der Waals surface area contributed by atoms with Crippen LogP contribution in [0.2, 0.25) is 0 Å². The van der Waals surface area contributed by atoms with Crippen molar-refractivity contribution >= 4 is 26.7 Å². The zero-order valence-corrected chi connectivity index (χ0v) is 13.5. The van der Waals surface area contributed by atoms with Crippen LogP contribution in [0.1, 0.15) is 11.1 Å². The molecule has 0 saturated carbocycles. The molecule has 0 fully saturated rings. The first-order valence-electron chi connectivity index (χ1n) is 6.69. The summed E-state index contributed by atoms with van der Waals surface area (Å²) in [5, 5.41) is 12.4. The summed E-state index contributed by atoms with van der Waals surface area (Å²) in [5.41, 5.74) is 2.17. The number of methoxy groups -OCH3 is 1. The Morgan fingerprint density at radius 2 is 1.90 bits per heavy atom. The van der Waals surface area contributed by atoms with Crippen LogP contribution in [0.5, 0.6) is 11.6 Å². The molecule has 0 aliphatic heterocycles. The molecule has 21 heavy (non-hydrogen) atoms. The monoisotopic (exact) mass is 345 g/mol. The summed E-state index contributed by atoms with van der Waals surface area (Å²) >= 11 is 3.49. The van der Waals surface area contributed by atoms with Crippen LogP contribution in [0.15, 0.2) is 47.1 Å². The number of benzene rings is 2. The smallest absolute Gasteiger partial charge is 0.199 e. The molecule has 0 unspecified atom stereocenters. The van der Waals surface area contributed by atoms with Gasteiger partial charge in [0.05, 0.1) is 13.7 Å². The molecule has 4 heteroatoms. The summed E-state index contributed by atoms with van der Waals surface area (Å²) in [4.78, 5) is 0. The largest absolute Gasteiger partial charge is 0.497 e. The first-order valence-corrected chi connectivity index (χ1v) is 7.48. The number of aromatic hydroxyl groups is 1. The predicted octanol–water partition coefficient (Wildman–Crippen LogP) is 4.47. The van der Waals surface area contributed by atoms with Crippen molar-refractivity contribution in [1.82, 2.24) is 4.57 Å². The number of hydrogen-bond acceptors (Lipinski definition) is 2. The third-order valence-corrected chi connectivity index (χ3v) is 4.09. The highest BCUT2D eigenvalue weighted by atomic mass is 79.9. The van der Waals surface area contributed by atoms with E-state index < -0.39 is 0 Å². The van der Waals surface area contributed by atoms with Crippen LogP contribution < -0.4 is 4.74 Å². The standard InChI is InChI=1S/C17H16BrNO2/c1-11-7-14(18)8-13-10-19(17(20)16(11)13)9-12-3-5-15(21-2)6-4-12/h3-8,10,20H,9H2,1-2H3. The van der Waals surface area contributed by atoms with Gasteiger partial charge in [0, 0.05) is 21.4 Å². The van der Waals surface area contributed by atoms with Gasteiger partial charge in [-0.2, -0.15) is 0 Å². The number of halogens is 1. The summed E-state index contributed by atoms with van der Waals surface area (Å²) < 4.78 is 8.05. The molecule has 0 radical (unpaired) electrons. The Morgan fingerprint density at radius 1 is 1.19 bits per heavy atom. The molecule has 108 valence electrons. The molecule has 0 spiro atoms. The van der Waals surface area contributed by atoms with Gasteiger partial charge in [0.15, 0.2) is 5.88 Å². The molecule has 3 rings (SSSR count). The Labute approximate surface area is 131 Å². The summed E-state index contributed by atoms with van der Waals surface area (Å²) in [6.07, 6.45) is 1.98. The minimum atomic E-state index is 0.311. The number of aryl methyl sites for hydroxylation is 1. The second-order valence-electron chi connectivity index (χ2n) is 5.12. The molecular weight excluding hydrogens is 330 g/mol. The van der Waals surface area contributed by atoms with Gasteiger partial charge in [0.2, 0.25) is 0 Å². The second-order valence-corrected chi connectivity index (χ2v) is 6.03. The number of fused-ring (bicyclic) bond motifs is 1. The van der Waals surface area contributed by atoms with E-state index in [0.29, 0.717) is 12.4 Å². The molecule has 0 saturated heterocycles. The van der Waals surface area contributed by atoms with E-state index in [4.69, 9.17) is 4.74 Å². The Hall–Kier alpha value is -1.94. The third-order valence-electron chi connectivity index (χ3n) is 3.63. The fraction of sp³-hybridized carbons (Fsp3) is 0.176. The minimum Gasteiger partial charge on any atom is -0.497 e. The van der Waals surface area contributed by atoms with Gasteiger partial charge in [0.1, 0.15) is 5.75 Å². The van der Waals surface area contributed by atoms with Crippen LogP contribution in [-0.4, -0.2) is 16.8 Å². The number of ether oxygens (including phenoxy) is 1. The van der Waals surface area contributed by atoms with Crippen LogP contribution in [0, 0.1) is 6.92 Å². The molecule has 0 bridgehead atoms.